The van der Waals surface area contributed by atoms with E-state index in [1.807, 2.05) is 42.6 Å². The number of hydrogen-bond donors (Lipinski definition) is 3. The molecule has 3 N–H and O–H groups in total. The van der Waals surface area contributed by atoms with Crippen LogP contribution >= 0.6 is 0 Å². The van der Waals surface area contributed by atoms with Crippen LogP contribution in [0.25, 0.3) is 21.8 Å². The number of hydrogen-bond acceptors (Lipinski definition) is 7. The fourth-order valence-electron chi connectivity index (χ4n) is 5.56. The number of nitriles is 1. The average Bonchev–Trinajstić information content (AvgIpc) is 3.34. The Labute approximate surface area is 192 Å². The molecule has 166 valence electrons. The van der Waals surface area contributed by atoms with Gasteiger partial charge in [-0.05, 0) is 49.9 Å². The van der Waals surface area contributed by atoms with Crippen molar-refractivity contribution in [2.75, 3.05) is 17.2 Å². The number of nitrogens with one attached hydrogen (secondary N) is 3. The highest BCUT2D eigenvalue weighted by Gasteiger charge is 2.40. The van der Waals surface area contributed by atoms with Crippen molar-refractivity contribution < 1.29 is 0 Å². The lowest BCUT2D eigenvalue weighted by molar-refractivity contribution is 0.136. The van der Waals surface area contributed by atoms with Gasteiger partial charge in [0.15, 0.2) is 5.82 Å². The van der Waals surface area contributed by atoms with Crippen LogP contribution in [0.3, 0.4) is 0 Å². The quantitative estimate of drug-likeness (QED) is 0.405. The fourth-order valence-corrected chi connectivity index (χ4v) is 5.56. The Morgan fingerprint density at radius 2 is 1.88 bits per heavy atom. The van der Waals surface area contributed by atoms with Gasteiger partial charge in [-0.2, -0.15) is 10.4 Å². The van der Waals surface area contributed by atoms with E-state index >= 15 is 0 Å². The van der Waals surface area contributed by atoms with Crippen molar-refractivity contribution in [3.05, 3.63) is 48.7 Å². The molecule has 2 saturated heterocycles. The van der Waals surface area contributed by atoms with Gasteiger partial charge in [-0.1, -0.05) is 12.1 Å². The number of pyridine rings is 2. The number of para-hydroxylation sites is 1. The highest BCUT2D eigenvalue weighted by molar-refractivity contribution is 5.94. The van der Waals surface area contributed by atoms with Crippen LogP contribution < -0.4 is 10.6 Å². The van der Waals surface area contributed by atoms with Crippen LogP contribution in [-0.4, -0.2) is 49.7 Å². The van der Waals surface area contributed by atoms with E-state index in [1.165, 1.54) is 12.8 Å². The monoisotopic (exact) mass is 438 g/mol. The zero-order chi connectivity index (χ0) is 22.2. The third kappa shape index (κ3) is 3.74. The van der Waals surface area contributed by atoms with Gasteiger partial charge in [0.2, 0.25) is 0 Å². The summed E-state index contributed by atoms with van der Waals surface area (Å²) in [6, 6.07) is 17.8. The third-order valence-corrected chi connectivity index (χ3v) is 7.02. The van der Waals surface area contributed by atoms with Crippen LogP contribution in [0.2, 0.25) is 0 Å². The molecule has 2 aliphatic heterocycles. The highest BCUT2D eigenvalue weighted by atomic mass is 15.2. The molecule has 3 aromatic heterocycles. The first-order chi connectivity index (χ1) is 16.3. The topological polar surface area (TPSA) is 106 Å². The molecule has 1 aromatic carbocycles. The molecule has 2 atom stereocenters. The number of H-pyrrole nitrogens is 1. The smallest absolute Gasteiger partial charge is 0.161 e. The van der Waals surface area contributed by atoms with Crippen molar-refractivity contribution >= 4 is 39.3 Å². The fraction of sp³-hybridized carbons (Fsp3) is 0.360. The minimum absolute atomic E-state index is 0.359. The van der Waals surface area contributed by atoms with E-state index in [9.17, 15) is 0 Å². The molecule has 0 saturated carbocycles. The molecule has 8 nitrogen and oxygen atoms in total. The van der Waals surface area contributed by atoms with Gasteiger partial charge < -0.3 is 10.6 Å². The van der Waals surface area contributed by atoms with E-state index in [-0.39, 0.29) is 0 Å². The Morgan fingerprint density at radius 1 is 1.06 bits per heavy atom. The largest absolute Gasteiger partial charge is 0.367 e. The van der Waals surface area contributed by atoms with E-state index in [4.69, 9.17) is 10.2 Å². The Bertz CT molecular complexity index is 1330. The second-order valence-corrected chi connectivity index (χ2v) is 9.01. The standard InChI is InChI=1S/C25H26N8/c26-10-4-12-33-17-8-9-18(33)14-16(13-17)28-24-20-6-3-11-27-22(20)15-23(29-24)30-25-19-5-1-2-7-21(19)31-32-25/h1-3,5-7,11,15-18H,4,8-9,12-14H2,(H3,28,29,30,31,32). The van der Waals surface area contributed by atoms with Gasteiger partial charge >= 0.3 is 0 Å². The summed E-state index contributed by atoms with van der Waals surface area (Å²) in [6.07, 6.45) is 7.02. The summed E-state index contributed by atoms with van der Waals surface area (Å²) in [7, 11) is 0. The summed E-state index contributed by atoms with van der Waals surface area (Å²) in [5.41, 5.74) is 1.88. The second-order valence-electron chi connectivity index (χ2n) is 9.01. The molecule has 2 aliphatic rings. The lowest BCUT2D eigenvalue weighted by atomic mass is 9.97. The van der Waals surface area contributed by atoms with Gasteiger partial charge in [0.1, 0.15) is 11.6 Å². The first-order valence-electron chi connectivity index (χ1n) is 11.6. The van der Waals surface area contributed by atoms with Crippen molar-refractivity contribution in [2.45, 2.75) is 50.2 Å². The lowest BCUT2D eigenvalue weighted by Crippen LogP contribution is -2.47. The molecule has 2 bridgehead atoms. The zero-order valence-corrected chi connectivity index (χ0v) is 18.3. The minimum atomic E-state index is 0.359. The maximum Gasteiger partial charge on any atom is 0.161 e. The molecule has 0 amide bonds. The van der Waals surface area contributed by atoms with Gasteiger partial charge in [-0.15, -0.1) is 0 Å². The van der Waals surface area contributed by atoms with E-state index in [1.54, 1.807) is 0 Å². The summed E-state index contributed by atoms with van der Waals surface area (Å²) in [5.74, 6) is 2.33. The molecule has 5 heterocycles. The van der Waals surface area contributed by atoms with E-state index in [0.29, 0.717) is 24.5 Å². The third-order valence-electron chi connectivity index (χ3n) is 7.02. The second kappa shape index (κ2) is 8.34. The molecule has 0 spiro atoms. The van der Waals surface area contributed by atoms with Crippen LogP contribution in [0.4, 0.5) is 17.5 Å². The van der Waals surface area contributed by atoms with Gasteiger partial charge in [0.05, 0.1) is 17.1 Å². The number of aromatic amines is 1. The molecule has 2 fully saturated rings. The van der Waals surface area contributed by atoms with Crippen LogP contribution in [0.5, 0.6) is 0 Å². The van der Waals surface area contributed by atoms with Gasteiger partial charge in [0, 0.05) is 54.1 Å². The van der Waals surface area contributed by atoms with E-state index < -0.39 is 0 Å². The van der Waals surface area contributed by atoms with Gasteiger partial charge in [0.25, 0.3) is 0 Å². The van der Waals surface area contributed by atoms with Crippen LogP contribution in [0.15, 0.2) is 48.7 Å². The summed E-state index contributed by atoms with van der Waals surface area (Å²) in [5, 5.41) is 25.7. The Morgan fingerprint density at radius 3 is 2.73 bits per heavy atom. The lowest BCUT2D eigenvalue weighted by Gasteiger charge is -2.39. The summed E-state index contributed by atoms with van der Waals surface area (Å²) in [6.45, 7) is 0.890. The van der Waals surface area contributed by atoms with E-state index in [0.717, 1.165) is 58.6 Å². The predicted octanol–water partition coefficient (Wildman–Crippen LogP) is 4.57. The molecular weight excluding hydrogens is 412 g/mol. The summed E-state index contributed by atoms with van der Waals surface area (Å²) < 4.78 is 0. The zero-order valence-electron chi connectivity index (χ0n) is 18.3. The SMILES string of the molecule is N#CCCN1C2CCC1CC(Nc1nc(Nc3n[nH]c4ccccc34)cc3ncccc13)C2. The van der Waals surface area contributed by atoms with Crippen LogP contribution in [0, 0.1) is 11.3 Å². The van der Waals surface area contributed by atoms with Crippen LogP contribution in [0.1, 0.15) is 32.1 Å². The Kier molecular flexibility index (Phi) is 5.04. The number of fused-ring (bicyclic) bond motifs is 4. The van der Waals surface area contributed by atoms with Gasteiger partial charge in [-0.25, -0.2) is 4.98 Å². The molecule has 0 radical (unpaired) electrons. The molecule has 6 rings (SSSR count). The Hall–Kier alpha value is -3.70. The summed E-state index contributed by atoms with van der Waals surface area (Å²) >= 11 is 0. The Balaban J connectivity index is 1.28. The van der Waals surface area contributed by atoms with Crippen molar-refractivity contribution in [3.63, 3.8) is 0 Å². The normalized spacial score (nSPS) is 22.5. The minimum Gasteiger partial charge on any atom is -0.367 e. The van der Waals surface area contributed by atoms with Crippen molar-refractivity contribution in [1.29, 1.82) is 5.26 Å². The number of nitrogens with zero attached hydrogens (tertiary/aromatic N) is 5. The van der Waals surface area contributed by atoms with Crippen molar-refractivity contribution in [2.24, 2.45) is 0 Å². The molecule has 2 unspecified atom stereocenters. The highest BCUT2D eigenvalue weighted by Crippen LogP contribution is 2.37. The molecule has 8 heteroatoms. The van der Waals surface area contributed by atoms with Crippen molar-refractivity contribution in [1.82, 2.24) is 25.1 Å². The first-order valence-corrected chi connectivity index (χ1v) is 11.6. The molecule has 33 heavy (non-hydrogen) atoms. The van der Waals surface area contributed by atoms with E-state index in [2.05, 4.69) is 42.9 Å². The number of piperidine rings is 1. The predicted molar refractivity (Wildman–Crippen MR) is 129 cm³/mol. The number of anilines is 3. The maximum atomic E-state index is 9.00. The molecule has 4 aromatic rings. The van der Waals surface area contributed by atoms with Crippen LogP contribution in [-0.2, 0) is 0 Å². The first kappa shape index (κ1) is 19.9. The number of benzene rings is 1. The van der Waals surface area contributed by atoms with Crippen molar-refractivity contribution in [3.8, 4) is 6.07 Å². The summed E-state index contributed by atoms with van der Waals surface area (Å²) in [4.78, 5) is 12.1. The van der Waals surface area contributed by atoms with Gasteiger partial charge in [-0.3, -0.25) is 15.0 Å². The number of aromatic nitrogens is 4. The number of rotatable bonds is 6. The molecular formula is C25H26N8. The average molecular weight is 439 g/mol. The molecule has 0 aliphatic carbocycles. The maximum absolute atomic E-state index is 9.00.